The van der Waals surface area contributed by atoms with Gasteiger partial charge in [0.2, 0.25) is 0 Å². The van der Waals surface area contributed by atoms with Crippen LogP contribution >= 0.6 is 0 Å². The van der Waals surface area contributed by atoms with Crippen LogP contribution in [0.5, 0.6) is 5.75 Å². The number of carbonyl (C=O) groups excluding carboxylic acids is 1. The molecule has 0 aromatic heterocycles. The van der Waals surface area contributed by atoms with E-state index >= 15 is 0 Å². The number of hydrogen-bond donors (Lipinski definition) is 3. The maximum Gasteiger partial charge on any atom is 0.322 e. The first-order valence-corrected chi connectivity index (χ1v) is 6.28. The van der Waals surface area contributed by atoms with E-state index in [9.17, 15) is 9.90 Å². The number of methoxy groups -OCH3 is 1. The highest BCUT2D eigenvalue weighted by Gasteiger charge is 2.25. The summed E-state index contributed by atoms with van der Waals surface area (Å²) in [6, 6.07) is 6.78. The second-order valence-corrected chi connectivity index (χ2v) is 4.39. The summed E-state index contributed by atoms with van der Waals surface area (Å²) >= 11 is 0. The maximum atomic E-state index is 12.1. The minimum atomic E-state index is -0.189. The van der Waals surface area contributed by atoms with Crippen molar-refractivity contribution in [1.82, 2.24) is 10.2 Å². The molecule has 0 spiro atoms. The number of amides is 2. The standard InChI is InChI=1S/C13H19N3O3/c1-19-12-4-2-10(3-5-12)15-13(18)16-7-6-14-8-11(16)9-17/h2-5,11,14,17H,6-9H2,1H3,(H,15,18). The number of nitrogens with zero attached hydrogens (tertiary/aromatic N) is 1. The van der Waals surface area contributed by atoms with Crippen molar-refractivity contribution in [3.05, 3.63) is 24.3 Å². The Morgan fingerprint density at radius 2 is 2.26 bits per heavy atom. The molecular formula is C13H19N3O3. The highest BCUT2D eigenvalue weighted by molar-refractivity contribution is 5.89. The number of carbonyl (C=O) groups is 1. The molecule has 0 saturated carbocycles. The Hall–Kier alpha value is -1.79. The summed E-state index contributed by atoms with van der Waals surface area (Å²) in [6.07, 6.45) is 0. The molecule has 1 saturated heterocycles. The Bertz CT molecular complexity index is 422. The second kappa shape index (κ2) is 6.40. The SMILES string of the molecule is COc1ccc(NC(=O)N2CCNCC2CO)cc1. The fraction of sp³-hybridized carbons (Fsp3) is 0.462. The monoisotopic (exact) mass is 265 g/mol. The highest BCUT2D eigenvalue weighted by atomic mass is 16.5. The molecule has 104 valence electrons. The molecule has 2 amide bonds. The van der Waals surface area contributed by atoms with E-state index in [1.807, 2.05) is 0 Å². The molecule has 6 heteroatoms. The number of hydrogen-bond acceptors (Lipinski definition) is 4. The quantitative estimate of drug-likeness (QED) is 0.744. The zero-order valence-electron chi connectivity index (χ0n) is 10.9. The molecule has 1 atom stereocenters. The Kier molecular flexibility index (Phi) is 4.59. The number of piperazine rings is 1. The molecule has 0 bridgehead atoms. The Labute approximate surface area is 112 Å². The molecule has 1 aromatic carbocycles. The summed E-state index contributed by atoms with van der Waals surface area (Å²) in [5.74, 6) is 0.744. The minimum Gasteiger partial charge on any atom is -0.497 e. The largest absolute Gasteiger partial charge is 0.497 e. The predicted molar refractivity (Wildman–Crippen MR) is 72.5 cm³/mol. The molecule has 1 aromatic rings. The van der Waals surface area contributed by atoms with Crippen LogP contribution in [0.3, 0.4) is 0 Å². The summed E-state index contributed by atoms with van der Waals surface area (Å²) in [6.45, 7) is 1.91. The second-order valence-electron chi connectivity index (χ2n) is 4.39. The van der Waals surface area contributed by atoms with E-state index in [4.69, 9.17) is 4.74 Å². The van der Waals surface area contributed by atoms with Crippen LogP contribution in [0, 0.1) is 0 Å². The van der Waals surface area contributed by atoms with Crippen molar-refractivity contribution in [3.8, 4) is 5.75 Å². The first kappa shape index (κ1) is 13.6. The van der Waals surface area contributed by atoms with Crippen molar-refractivity contribution in [1.29, 1.82) is 0 Å². The lowest BCUT2D eigenvalue weighted by atomic mass is 10.2. The predicted octanol–water partition coefficient (Wildman–Crippen LogP) is 0.493. The first-order chi connectivity index (χ1) is 9.24. The van der Waals surface area contributed by atoms with Crippen molar-refractivity contribution in [2.24, 2.45) is 0 Å². The average molecular weight is 265 g/mol. The molecule has 1 fully saturated rings. The van der Waals surface area contributed by atoms with Crippen LogP contribution in [-0.4, -0.2) is 55.4 Å². The molecule has 1 aliphatic heterocycles. The lowest BCUT2D eigenvalue weighted by Gasteiger charge is -2.35. The molecule has 6 nitrogen and oxygen atoms in total. The van der Waals surface area contributed by atoms with Crippen LogP contribution < -0.4 is 15.4 Å². The Morgan fingerprint density at radius 3 is 2.89 bits per heavy atom. The van der Waals surface area contributed by atoms with Gasteiger partial charge in [0.25, 0.3) is 0 Å². The van der Waals surface area contributed by atoms with Crippen molar-refractivity contribution in [2.75, 3.05) is 38.7 Å². The van der Waals surface area contributed by atoms with Crippen molar-refractivity contribution < 1.29 is 14.6 Å². The van der Waals surface area contributed by atoms with Gasteiger partial charge in [0.1, 0.15) is 5.75 Å². The van der Waals surface area contributed by atoms with Crippen molar-refractivity contribution in [3.63, 3.8) is 0 Å². The summed E-state index contributed by atoms with van der Waals surface area (Å²) < 4.78 is 5.06. The summed E-state index contributed by atoms with van der Waals surface area (Å²) in [5.41, 5.74) is 0.709. The topological polar surface area (TPSA) is 73.8 Å². The van der Waals surface area contributed by atoms with Crippen LogP contribution in [0.2, 0.25) is 0 Å². The average Bonchev–Trinajstić information content (AvgIpc) is 2.48. The van der Waals surface area contributed by atoms with Gasteiger partial charge in [0.05, 0.1) is 19.8 Å². The van der Waals surface area contributed by atoms with E-state index in [1.165, 1.54) is 0 Å². The van der Waals surface area contributed by atoms with Crippen LogP contribution in [0.4, 0.5) is 10.5 Å². The molecule has 3 N–H and O–H groups in total. The third kappa shape index (κ3) is 3.36. The van der Waals surface area contributed by atoms with Gasteiger partial charge >= 0.3 is 6.03 Å². The van der Waals surface area contributed by atoms with Gasteiger partial charge in [0.15, 0.2) is 0 Å². The van der Waals surface area contributed by atoms with Crippen LogP contribution in [-0.2, 0) is 0 Å². The Balaban J connectivity index is 1.98. The summed E-state index contributed by atoms with van der Waals surface area (Å²) in [7, 11) is 1.60. The van der Waals surface area contributed by atoms with E-state index < -0.39 is 0 Å². The molecular weight excluding hydrogens is 246 g/mol. The van der Waals surface area contributed by atoms with E-state index in [0.717, 1.165) is 12.3 Å². The molecule has 1 heterocycles. The molecule has 19 heavy (non-hydrogen) atoms. The van der Waals surface area contributed by atoms with Crippen LogP contribution in [0.15, 0.2) is 24.3 Å². The Morgan fingerprint density at radius 1 is 1.53 bits per heavy atom. The number of aliphatic hydroxyl groups excluding tert-OH is 1. The zero-order chi connectivity index (χ0) is 13.7. The van der Waals surface area contributed by atoms with Gasteiger partial charge in [-0.05, 0) is 24.3 Å². The number of ether oxygens (including phenoxy) is 1. The van der Waals surface area contributed by atoms with Crippen LogP contribution in [0.1, 0.15) is 0 Å². The molecule has 1 aliphatic rings. The van der Waals surface area contributed by atoms with E-state index in [1.54, 1.807) is 36.3 Å². The lowest BCUT2D eigenvalue weighted by molar-refractivity contribution is 0.124. The lowest BCUT2D eigenvalue weighted by Crippen LogP contribution is -2.56. The van der Waals surface area contributed by atoms with Gasteiger partial charge in [-0.3, -0.25) is 0 Å². The van der Waals surface area contributed by atoms with Gasteiger partial charge in [0, 0.05) is 25.3 Å². The summed E-state index contributed by atoms with van der Waals surface area (Å²) in [5, 5.41) is 15.2. The number of urea groups is 1. The number of benzene rings is 1. The fourth-order valence-corrected chi connectivity index (χ4v) is 2.06. The number of rotatable bonds is 3. The van der Waals surface area contributed by atoms with Crippen LogP contribution in [0.25, 0.3) is 0 Å². The molecule has 0 radical (unpaired) electrons. The third-order valence-corrected chi connectivity index (χ3v) is 3.16. The van der Waals surface area contributed by atoms with E-state index in [-0.39, 0.29) is 18.7 Å². The van der Waals surface area contributed by atoms with Crippen molar-refractivity contribution >= 4 is 11.7 Å². The fourth-order valence-electron chi connectivity index (χ4n) is 2.06. The van der Waals surface area contributed by atoms with Crippen molar-refractivity contribution in [2.45, 2.75) is 6.04 Å². The van der Waals surface area contributed by atoms with Gasteiger partial charge in [-0.15, -0.1) is 0 Å². The smallest absolute Gasteiger partial charge is 0.322 e. The number of aliphatic hydroxyl groups is 1. The van der Waals surface area contributed by atoms with Gasteiger partial charge < -0.3 is 25.4 Å². The number of nitrogens with one attached hydrogen (secondary N) is 2. The van der Waals surface area contributed by atoms with Gasteiger partial charge in [-0.1, -0.05) is 0 Å². The molecule has 1 unspecified atom stereocenters. The van der Waals surface area contributed by atoms with Gasteiger partial charge in [-0.2, -0.15) is 0 Å². The number of anilines is 1. The normalized spacial score (nSPS) is 19.1. The molecule has 0 aliphatic carbocycles. The van der Waals surface area contributed by atoms with E-state index in [0.29, 0.717) is 18.8 Å². The highest BCUT2D eigenvalue weighted by Crippen LogP contribution is 2.16. The van der Waals surface area contributed by atoms with Gasteiger partial charge in [-0.25, -0.2) is 4.79 Å². The maximum absolute atomic E-state index is 12.1. The molecule has 2 rings (SSSR count). The van der Waals surface area contributed by atoms with E-state index in [2.05, 4.69) is 10.6 Å². The summed E-state index contributed by atoms with van der Waals surface area (Å²) in [4.78, 5) is 13.8. The minimum absolute atomic E-state index is 0.0387. The zero-order valence-corrected chi connectivity index (χ0v) is 10.9. The third-order valence-electron chi connectivity index (χ3n) is 3.16. The first-order valence-electron chi connectivity index (χ1n) is 6.28.